The van der Waals surface area contributed by atoms with Crippen LogP contribution in [-0.4, -0.2) is 22.3 Å². The van der Waals surface area contributed by atoms with Gasteiger partial charge in [0.25, 0.3) is 0 Å². The van der Waals surface area contributed by atoms with Crippen molar-refractivity contribution in [1.29, 1.82) is 0 Å². The fourth-order valence-electron chi connectivity index (χ4n) is 10.7. The predicted molar refractivity (Wildman–Crippen MR) is 133 cm³/mol. The summed E-state index contributed by atoms with van der Waals surface area (Å²) >= 11 is 0. The zero-order valence-corrected chi connectivity index (χ0v) is 21.9. The maximum atomic E-state index is 12.8. The largest absolute Gasteiger partial charge is 0.481 e. The Morgan fingerprint density at radius 1 is 0.879 bits per heavy atom. The summed E-state index contributed by atoms with van der Waals surface area (Å²) < 4.78 is 0. The van der Waals surface area contributed by atoms with Crippen molar-refractivity contribution in [3.8, 4) is 0 Å². The summed E-state index contributed by atoms with van der Waals surface area (Å²) in [5.41, 5.74) is 3.51. The van der Waals surface area contributed by atoms with Gasteiger partial charge in [0, 0.05) is 0 Å². The van der Waals surface area contributed by atoms with Gasteiger partial charge in [0.15, 0.2) is 0 Å². The molecule has 33 heavy (non-hydrogen) atoms. The van der Waals surface area contributed by atoms with Crippen molar-refractivity contribution in [2.24, 2.45) is 44.8 Å². The van der Waals surface area contributed by atoms with Gasteiger partial charge in [0.2, 0.25) is 0 Å². The van der Waals surface area contributed by atoms with E-state index in [0.29, 0.717) is 17.8 Å². The number of hydrogen-bond acceptors (Lipinski definition) is 2. The van der Waals surface area contributed by atoms with Gasteiger partial charge in [0.05, 0.1) is 11.5 Å². The minimum atomic E-state index is -0.670. The van der Waals surface area contributed by atoms with Crippen molar-refractivity contribution < 1.29 is 15.0 Å². The second-order valence-electron chi connectivity index (χ2n) is 14.0. The van der Waals surface area contributed by atoms with Crippen molar-refractivity contribution in [2.75, 3.05) is 0 Å². The van der Waals surface area contributed by atoms with Crippen molar-refractivity contribution in [3.05, 3.63) is 23.3 Å². The molecule has 4 fully saturated rings. The van der Waals surface area contributed by atoms with Gasteiger partial charge in [-0.2, -0.15) is 0 Å². The van der Waals surface area contributed by atoms with Crippen LogP contribution in [0.4, 0.5) is 0 Å². The van der Waals surface area contributed by atoms with Gasteiger partial charge in [-0.25, -0.2) is 0 Å². The van der Waals surface area contributed by atoms with Gasteiger partial charge >= 0.3 is 5.97 Å². The van der Waals surface area contributed by atoms with E-state index < -0.39 is 11.4 Å². The van der Waals surface area contributed by atoms with E-state index in [0.717, 1.165) is 50.5 Å². The number of carboxylic acid groups (broad SMARTS) is 1. The molecule has 5 aliphatic rings. The van der Waals surface area contributed by atoms with Crippen LogP contribution in [0.15, 0.2) is 23.3 Å². The lowest BCUT2D eigenvalue weighted by molar-refractivity contribution is -0.229. The topological polar surface area (TPSA) is 57.5 Å². The number of allylic oxidation sites excluding steroid dienone is 2. The van der Waals surface area contributed by atoms with E-state index in [1.165, 1.54) is 30.4 Å². The summed E-state index contributed by atoms with van der Waals surface area (Å²) in [6.07, 6.45) is 9.88. The number of fused-ring (bicyclic) bond motifs is 7. The van der Waals surface area contributed by atoms with Gasteiger partial charge in [-0.1, -0.05) is 46.8 Å². The summed E-state index contributed by atoms with van der Waals surface area (Å²) in [6.45, 7) is 18.8. The first-order valence-electron chi connectivity index (χ1n) is 13.6. The lowest BCUT2D eigenvalue weighted by Gasteiger charge is -2.72. The maximum absolute atomic E-state index is 12.8. The Bertz CT molecular complexity index is 929. The molecule has 0 aromatic rings. The molecule has 3 unspecified atom stereocenters. The molecule has 5 rings (SSSR count). The molecule has 0 bridgehead atoms. The van der Waals surface area contributed by atoms with Crippen LogP contribution in [0, 0.1) is 44.8 Å². The highest BCUT2D eigenvalue weighted by molar-refractivity contribution is 5.81. The van der Waals surface area contributed by atoms with Crippen molar-refractivity contribution in [1.82, 2.24) is 0 Å². The Morgan fingerprint density at radius 2 is 1.58 bits per heavy atom. The molecule has 2 N–H and O–H groups in total. The van der Waals surface area contributed by atoms with Crippen LogP contribution in [-0.2, 0) is 4.79 Å². The molecule has 3 nitrogen and oxygen atoms in total. The Hall–Kier alpha value is -1.09. The van der Waals surface area contributed by atoms with E-state index in [-0.39, 0.29) is 27.8 Å². The second-order valence-corrected chi connectivity index (χ2v) is 14.0. The highest BCUT2D eigenvalue weighted by atomic mass is 16.4. The van der Waals surface area contributed by atoms with Gasteiger partial charge < -0.3 is 10.2 Å². The normalized spacial score (nSPS) is 51.2. The quantitative estimate of drug-likeness (QED) is 0.442. The average Bonchev–Trinajstić information content (AvgIpc) is 2.74. The molecular weight excluding hydrogens is 408 g/mol. The number of carboxylic acids is 1. The monoisotopic (exact) mass is 454 g/mol. The van der Waals surface area contributed by atoms with E-state index >= 15 is 0 Å². The van der Waals surface area contributed by atoms with E-state index in [1.807, 2.05) is 0 Å². The molecule has 4 saturated carbocycles. The average molecular weight is 455 g/mol. The van der Waals surface area contributed by atoms with Gasteiger partial charge in [-0.3, -0.25) is 4.79 Å². The molecule has 0 spiro atoms. The standard InChI is InChI=1S/C30H46O3/c1-18-10-15-30(25(32)33)17-16-28(6)20(24(30)19(18)2)8-9-22-27(5)13-12-23(31)26(3,4)21(27)11-14-29(22,28)7/h20-23,31H,1,8-17H2,2-7H3,(H,32,33)/t20?,21?,22?,23-,27-,28+,29+,30-/m0/s1. The SMILES string of the molecule is C=C1CC[C@]2(C(=O)O)CC[C@]3(C)C(CCC4[C@@]5(C)CC[C@H](O)C(C)(C)C5CC[C@]43C)C2=C1C. The minimum absolute atomic E-state index is 0.0304. The second kappa shape index (κ2) is 6.99. The molecule has 0 aliphatic heterocycles. The van der Waals surface area contributed by atoms with Gasteiger partial charge in [-0.05, 0) is 122 Å². The Balaban J connectivity index is 1.61. The lowest BCUT2D eigenvalue weighted by Crippen LogP contribution is -2.66. The zero-order chi connectivity index (χ0) is 24.2. The minimum Gasteiger partial charge on any atom is -0.481 e. The number of aliphatic hydroxyl groups is 1. The highest BCUT2D eigenvalue weighted by Crippen LogP contribution is 2.76. The van der Waals surface area contributed by atoms with Crippen LogP contribution < -0.4 is 0 Å². The smallest absolute Gasteiger partial charge is 0.313 e. The lowest BCUT2D eigenvalue weighted by atomic mass is 9.32. The first-order valence-corrected chi connectivity index (χ1v) is 13.6. The summed E-state index contributed by atoms with van der Waals surface area (Å²) in [5.74, 6) is 0.950. The Morgan fingerprint density at radius 3 is 2.24 bits per heavy atom. The summed E-state index contributed by atoms with van der Waals surface area (Å²) in [5, 5.41) is 21.4. The first-order chi connectivity index (χ1) is 15.3. The molecule has 0 amide bonds. The van der Waals surface area contributed by atoms with Crippen LogP contribution in [0.25, 0.3) is 0 Å². The molecular formula is C30H46O3. The summed E-state index contributed by atoms with van der Waals surface area (Å²) in [7, 11) is 0. The number of rotatable bonds is 1. The van der Waals surface area contributed by atoms with Crippen LogP contribution in [0.2, 0.25) is 0 Å². The summed E-state index contributed by atoms with van der Waals surface area (Å²) in [6, 6.07) is 0. The first kappa shape index (κ1) is 23.6. The van der Waals surface area contributed by atoms with E-state index in [1.54, 1.807) is 0 Å². The molecule has 0 saturated heterocycles. The van der Waals surface area contributed by atoms with Crippen molar-refractivity contribution in [2.45, 2.75) is 112 Å². The molecule has 8 atom stereocenters. The van der Waals surface area contributed by atoms with E-state index in [2.05, 4.69) is 48.1 Å². The van der Waals surface area contributed by atoms with Crippen LogP contribution >= 0.6 is 0 Å². The van der Waals surface area contributed by atoms with Gasteiger partial charge in [-0.15, -0.1) is 0 Å². The van der Waals surface area contributed by atoms with Crippen LogP contribution in [0.5, 0.6) is 0 Å². The Labute approximate surface area is 201 Å². The fourth-order valence-corrected chi connectivity index (χ4v) is 10.7. The third-order valence-corrected chi connectivity index (χ3v) is 13.0. The van der Waals surface area contributed by atoms with Crippen molar-refractivity contribution in [3.63, 3.8) is 0 Å². The third-order valence-electron chi connectivity index (χ3n) is 13.0. The maximum Gasteiger partial charge on any atom is 0.313 e. The zero-order valence-electron chi connectivity index (χ0n) is 21.9. The summed E-state index contributed by atoms with van der Waals surface area (Å²) in [4.78, 5) is 12.8. The third kappa shape index (κ3) is 2.69. The fraction of sp³-hybridized carbons (Fsp3) is 0.833. The molecule has 0 aromatic carbocycles. The molecule has 5 aliphatic carbocycles. The van der Waals surface area contributed by atoms with Gasteiger partial charge in [0.1, 0.15) is 0 Å². The predicted octanol–water partition coefficient (Wildman–Crippen LogP) is 7.15. The molecule has 0 radical (unpaired) electrons. The molecule has 184 valence electrons. The molecule has 3 heteroatoms. The van der Waals surface area contributed by atoms with Crippen LogP contribution in [0.1, 0.15) is 106 Å². The van der Waals surface area contributed by atoms with E-state index in [4.69, 9.17) is 0 Å². The van der Waals surface area contributed by atoms with Crippen LogP contribution in [0.3, 0.4) is 0 Å². The number of carbonyl (C=O) groups is 1. The number of aliphatic hydroxyl groups excluding tert-OH is 1. The number of aliphatic carboxylic acids is 1. The van der Waals surface area contributed by atoms with Crippen molar-refractivity contribution >= 4 is 5.97 Å². The Kier molecular flexibility index (Phi) is 5.01. The van der Waals surface area contributed by atoms with E-state index in [9.17, 15) is 15.0 Å². The number of hydrogen-bond donors (Lipinski definition) is 2. The molecule has 0 aromatic heterocycles. The highest BCUT2D eigenvalue weighted by Gasteiger charge is 2.69. The molecule has 0 heterocycles.